The molecule has 0 amide bonds. The van der Waals surface area contributed by atoms with Crippen LogP contribution < -0.4 is 15.2 Å². The Balaban J connectivity index is 2.20. The lowest BCUT2D eigenvalue weighted by Gasteiger charge is -2.12. The summed E-state index contributed by atoms with van der Waals surface area (Å²) in [7, 11) is 0. The van der Waals surface area contributed by atoms with Crippen molar-refractivity contribution in [1.82, 2.24) is 0 Å². The van der Waals surface area contributed by atoms with Crippen LogP contribution in [0, 0.1) is 5.82 Å². The van der Waals surface area contributed by atoms with Gasteiger partial charge in [0.2, 0.25) is 0 Å². The number of halogens is 1. The van der Waals surface area contributed by atoms with E-state index in [4.69, 9.17) is 15.2 Å². The second-order valence-corrected chi connectivity index (χ2v) is 4.08. The largest absolute Gasteiger partial charge is 0.491 e. The van der Waals surface area contributed by atoms with E-state index in [-0.39, 0.29) is 5.82 Å². The van der Waals surface area contributed by atoms with Gasteiger partial charge in [-0.25, -0.2) is 4.39 Å². The lowest BCUT2D eigenvalue weighted by atomic mass is 10.2. The standard InChI is InChI=1S/C15H16FNO2/c1-2-9-18-13-7-4-8-14(15(13)17)19-12-6-3-5-11(16)10-12/h3-8,10H,2,9,17H2,1H3. The zero-order valence-corrected chi connectivity index (χ0v) is 10.7. The molecule has 3 nitrogen and oxygen atoms in total. The summed E-state index contributed by atoms with van der Waals surface area (Å²) in [6.45, 7) is 2.61. The van der Waals surface area contributed by atoms with E-state index >= 15 is 0 Å². The summed E-state index contributed by atoms with van der Waals surface area (Å²) in [5.74, 6) is 1.09. The van der Waals surface area contributed by atoms with Gasteiger partial charge in [0.15, 0.2) is 5.75 Å². The minimum atomic E-state index is -0.352. The van der Waals surface area contributed by atoms with Gasteiger partial charge in [0.1, 0.15) is 23.0 Å². The molecular weight excluding hydrogens is 245 g/mol. The summed E-state index contributed by atoms with van der Waals surface area (Å²) in [6, 6.07) is 11.2. The predicted molar refractivity (Wildman–Crippen MR) is 73.1 cm³/mol. The van der Waals surface area contributed by atoms with Gasteiger partial charge < -0.3 is 15.2 Å². The van der Waals surface area contributed by atoms with Crippen LogP contribution in [0.4, 0.5) is 10.1 Å². The molecule has 0 saturated carbocycles. The quantitative estimate of drug-likeness (QED) is 0.828. The second kappa shape index (κ2) is 6.09. The third-order valence-corrected chi connectivity index (χ3v) is 2.51. The highest BCUT2D eigenvalue weighted by atomic mass is 19.1. The van der Waals surface area contributed by atoms with Crippen LogP contribution in [-0.2, 0) is 0 Å². The Hall–Kier alpha value is -2.23. The third kappa shape index (κ3) is 3.37. The molecule has 100 valence electrons. The maximum absolute atomic E-state index is 13.1. The Kier molecular flexibility index (Phi) is 4.23. The second-order valence-electron chi connectivity index (χ2n) is 4.08. The maximum atomic E-state index is 13.1. The smallest absolute Gasteiger partial charge is 0.154 e. The molecule has 0 radical (unpaired) electrons. The number of anilines is 1. The Morgan fingerprint density at radius 2 is 1.84 bits per heavy atom. The Bertz CT molecular complexity index is 558. The van der Waals surface area contributed by atoms with Gasteiger partial charge in [-0.15, -0.1) is 0 Å². The van der Waals surface area contributed by atoms with Crippen LogP contribution in [-0.4, -0.2) is 6.61 Å². The molecule has 0 aliphatic rings. The molecule has 0 unspecified atom stereocenters. The number of ether oxygens (including phenoxy) is 2. The van der Waals surface area contributed by atoms with Crippen LogP contribution >= 0.6 is 0 Å². The molecular formula is C15H16FNO2. The number of rotatable bonds is 5. The van der Waals surface area contributed by atoms with Crippen molar-refractivity contribution >= 4 is 5.69 Å². The first-order valence-corrected chi connectivity index (χ1v) is 6.15. The van der Waals surface area contributed by atoms with Gasteiger partial charge in [-0.2, -0.15) is 0 Å². The van der Waals surface area contributed by atoms with Crippen molar-refractivity contribution in [1.29, 1.82) is 0 Å². The minimum Gasteiger partial charge on any atom is -0.491 e. The summed E-state index contributed by atoms with van der Waals surface area (Å²) in [5, 5.41) is 0. The Morgan fingerprint density at radius 1 is 1.11 bits per heavy atom. The minimum absolute atomic E-state index is 0.352. The van der Waals surface area contributed by atoms with Crippen molar-refractivity contribution in [2.75, 3.05) is 12.3 Å². The van der Waals surface area contributed by atoms with Crippen LogP contribution in [0.25, 0.3) is 0 Å². The summed E-state index contributed by atoms with van der Waals surface area (Å²) < 4.78 is 24.2. The Labute approximate surface area is 111 Å². The first-order chi connectivity index (χ1) is 9.20. The normalized spacial score (nSPS) is 10.2. The molecule has 0 spiro atoms. The summed E-state index contributed by atoms with van der Waals surface area (Å²) in [5.41, 5.74) is 6.38. The molecule has 0 atom stereocenters. The fraction of sp³-hybridized carbons (Fsp3) is 0.200. The van der Waals surface area contributed by atoms with Crippen LogP contribution in [0.3, 0.4) is 0 Å². The van der Waals surface area contributed by atoms with E-state index in [1.807, 2.05) is 6.92 Å². The van der Waals surface area contributed by atoms with E-state index in [0.29, 0.717) is 29.5 Å². The molecule has 0 saturated heterocycles. The van der Waals surface area contributed by atoms with Crippen molar-refractivity contribution in [2.24, 2.45) is 0 Å². The third-order valence-electron chi connectivity index (χ3n) is 2.51. The summed E-state index contributed by atoms with van der Waals surface area (Å²) in [6.07, 6.45) is 0.897. The summed E-state index contributed by atoms with van der Waals surface area (Å²) >= 11 is 0. The highest BCUT2D eigenvalue weighted by Crippen LogP contribution is 2.34. The maximum Gasteiger partial charge on any atom is 0.154 e. The molecule has 2 aromatic carbocycles. The van der Waals surface area contributed by atoms with Crippen molar-refractivity contribution in [2.45, 2.75) is 13.3 Å². The van der Waals surface area contributed by atoms with Crippen LogP contribution in [0.15, 0.2) is 42.5 Å². The Morgan fingerprint density at radius 3 is 2.58 bits per heavy atom. The monoisotopic (exact) mass is 261 g/mol. The number of para-hydroxylation sites is 1. The molecule has 0 fully saturated rings. The van der Waals surface area contributed by atoms with Gasteiger partial charge in [0.05, 0.1) is 6.61 Å². The van der Waals surface area contributed by atoms with Crippen LogP contribution in [0.2, 0.25) is 0 Å². The SMILES string of the molecule is CCCOc1cccc(Oc2cccc(F)c2)c1N. The molecule has 2 N–H and O–H groups in total. The topological polar surface area (TPSA) is 44.5 Å². The molecule has 0 aromatic heterocycles. The average molecular weight is 261 g/mol. The van der Waals surface area contributed by atoms with Gasteiger partial charge >= 0.3 is 0 Å². The number of benzene rings is 2. The molecule has 2 aromatic rings. The first-order valence-electron chi connectivity index (χ1n) is 6.15. The zero-order chi connectivity index (χ0) is 13.7. The lowest BCUT2D eigenvalue weighted by molar-refractivity contribution is 0.318. The number of hydrogen-bond donors (Lipinski definition) is 1. The molecule has 4 heteroatoms. The predicted octanol–water partition coefficient (Wildman–Crippen LogP) is 3.99. The summed E-state index contributed by atoms with van der Waals surface area (Å²) in [4.78, 5) is 0. The molecule has 2 rings (SSSR count). The fourth-order valence-corrected chi connectivity index (χ4v) is 1.61. The molecule has 19 heavy (non-hydrogen) atoms. The average Bonchev–Trinajstić information content (AvgIpc) is 2.40. The van der Waals surface area contributed by atoms with Crippen LogP contribution in [0.1, 0.15) is 13.3 Å². The van der Waals surface area contributed by atoms with E-state index in [2.05, 4.69) is 0 Å². The van der Waals surface area contributed by atoms with Crippen molar-refractivity contribution in [3.63, 3.8) is 0 Å². The molecule has 0 aliphatic carbocycles. The van der Waals surface area contributed by atoms with Gasteiger partial charge in [0, 0.05) is 6.07 Å². The highest BCUT2D eigenvalue weighted by Gasteiger charge is 2.08. The van der Waals surface area contributed by atoms with E-state index in [1.165, 1.54) is 12.1 Å². The van der Waals surface area contributed by atoms with Crippen LogP contribution in [0.5, 0.6) is 17.2 Å². The first kappa shape index (κ1) is 13.2. The van der Waals surface area contributed by atoms with E-state index in [9.17, 15) is 4.39 Å². The lowest BCUT2D eigenvalue weighted by Crippen LogP contribution is -2.00. The zero-order valence-electron chi connectivity index (χ0n) is 10.7. The van der Waals surface area contributed by atoms with E-state index in [0.717, 1.165) is 6.42 Å². The fourth-order valence-electron chi connectivity index (χ4n) is 1.61. The van der Waals surface area contributed by atoms with Gasteiger partial charge in [-0.3, -0.25) is 0 Å². The van der Waals surface area contributed by atoms with Gasteiger partial charge in [0.25, 0.3) is 0 Å². The number of nitrogens with two attached hydrogens (primary N) is 1. The highest BCUT2D eigenvalue weighted by molar-refractivity contribution is 5.63. The van der Waals surface area contributed by atoms with Crippen molar-refractivity contribution in [3.8, 4) is 17.2 Å². The van der Waals surface area contributed by atoms with Crippen molar-refractivity contribution in [3.05, 3.63) is 48.3 Å². The van der Waals surface area contributed by atoms with Gasteiger partial charge in [-0.1, -0.05) is 19.1 Å². The number of hydrogen-bond acceptors (Lipinski definition) is 3. The van der Waals surface area contributed by atoms with E-state index < -0.39 is 0 Å². The van der Waals surface area contributed by atoms with Gasteiger partial charge in [-0.05, 0) is 30.7 Å². The van der Waals surface area contributed by atoms with E-state index in [1.54, 1.807) is 30.3 Å². The molecule has 0 aliphatic heterocycles. The number of nitrogen functional groups attached to an aromatic ring is 1. The molecule has 0 bridgehead atoms. The molecule has 0 heterocycles. The van der Waals surface area contributed by atoms with Crippen molar-refractivity contribution < 1.29 is 13.9 Å².